The van der Waals surface area contributed by atoms with Crippen molar-refractivity contribution in [2.24, 2.45) is 0 Å². The number of aromatic nitrogens is 2. The first kappa shape index (κ1) is 17.4. The van der Waals surface area contributed by atoms with Crippen LogP contribution in [0.3, 0.4) is 0 Å². The molecule has 0 radical (unpaired) electrons. The number of rotatable bonds is 4. The van der Waals surface area contributed by atoms with Crippen molar-refractivity contribution in [3.8, 4) is 0 Å². The molecule has 2 bridgehead atoms. The Morgan fingerprint density at radius 2 is 2.19 bits per heavy atom. The van der Waals surface area contributed by atoms with Gasteiger partial charge in [0.2, 0.25) is 0 Å². The quantitative estimate of drug-likeness (QED) is 0.738. The molecule has 0 aromatic carbocycles. The molecule has 1 unspecified atom stereocenters. The van der Waals surface area contributed by atoms with Crippen molar-refractivity contribution in [3.63, 3.8) is 0 Å². The molecule has 12 heteroatoms. The zero-order chi connectivity index (χ0) is 18.7. The maximum atomic E-state index is 12.2. The van der Waals surface area contributed by atoms with E-state index in [1.165, 1.54) is 4.90 Å². The van der Waals surface area contributed by atoms with E-state index < -0.39 is 28.3 Å². The van der Waals surface area contributed by atoms with Crippen LogP contribution in [0.1, 0.15) is 25.6 Å². The highest BCUT2D eigenvalue weighted by Crippen LogP contribution is 2.33. The van der Waals surface area contributed by atoms with Gasteiger partial charge in [0.25, 0.3) is 0 Å². The minimum atomic E-state index is -4.78. The lowest BCUT2D eigenvalue weighted by molar-refractivity contribution is -0.139. The highest BCUT2D eigenvalue weighted by atomic mass is 32.3. The number of amides is 2. The molecule has 26 heavy (non-hydrogen) atoms. The smallest absolute Gasteiger partial charge is 0.347 e. The van der Waals surface area contributed by atoms with Crippen molar-refractivity contribution < 1.29 is 31.5 Å². The molecule has 2 saturated heterocycles. The predicted octanol–water partition coefficient (Wildman–Crippen LogP) is 0.402. The zero-order valence-corrected chi connectivity index (χ0v) is 14.9. The summed E-state index contributed by atoms with van der Waals surface area (Å²) < 4.78 is 48.0. The van der Waals surface area contributed by atoms with Crippen LogP contribution < -0.4 is 0 Å². The van der Waals surface area contributed by atoms with Gasteiger partial charge in [-0.25, -0.2) is 9.48 Å². The second-order valence-corrected chi connectivity index (χ2v) is 7.72. The van der Waals surface area contributed by atoms with Crippen molar-refractivity contribution in [1.29, 1.82) is 0 Å². The summed E-state index contributed by atoms with van der Waals surface area (Å²) in [5, 5.41) is 5.12. The standard InChI is InChI=1S/C14H18N4O7S/c1-14(2)23-8-12(24-14)11-3-4-17(15-11)9-5-10-7-16(6-9)13(19)18(10)25-26(20,21)22/h3-5,10,12H,6-8H2,1-2H3,(H,20,21,22)/t10?,12-/m1/s1. The average molecular weight is 386 g/mol. The van der Waals surface area contributed by atoms with E-state index in [0.717, 1.165) is 0 Å². The van der Waals surface area contributed by atoms with Crippen molar-refractivity contribution in [2.45, 2.75) is 31.8 Å². The minimum Gasteiger partial charge on any atom is -0.347 e. The molecule has 1 aromatic heterocycles. The molecular formula is C14H18N4O7S. The second-order valence-electron chi connectivity index (χ2n) is 6.72. The molecule has 1 N–H and O–H groups in total. The van der Waals surface area contributed by atoms with Gasteiger partial charge in [-0.1, -0.05) is 0 Å². The lowest BCUT2D eigenvalue weighted by Crippen LogP contribution is -2.35. The third kappa shape index (κ3) is 3.21. The SMILES string of the molecule is CC1(C)OC[C@H](c2ccn(C3=CC4CN(C3)C(=O)N4OS(=O)(=O)O)n2)O1. The summed E-state index contributed by atoms with van der Waals surface area (Å²) in [6, 6.07) is 0.516. The highest BCUT2D eigenvalue weighted by molar-refractivity contribution is 7.80. The Balaban J connectivity index is 1.55. The Morgan fingerprint density at radius 3 is 2.85 bits per heavy atom. The van der Waals surface area contributed by atoms with Gasteiger partial charge in [-0.15, -0.1) is 4.28 Å². The molecule has 142 valence electrons. The van der Waals surface area contributed by atoms with Gasteiger partial charge >= 0.3 is 16.4 Å². The Bertz CT molecular complexity index is 878. The van der Waals surface area contributed by atoms with Gasteiger partial charge in [0.1, 0.15) is 12.1 Å². The van der Waals surface area contributed by atoms with E-state index >= 15 is 0 Å². The van der Waals surface area contributed by atoms with Crippen molar-refractivity contribution in [2.75, 3.05) is 19.7 Å². The fourth-order valence-corrected chi connectivity index (χ4v) is 3.60. The van der Waals surface area contributed by atoms with E-state index in [1.54, 1.807) is 23.0 Å². The van der Waals surface area contributed by atoms with Crippen LogP contribution in [0.25, 0.3) is 5.70 Å². The molecule has 1 aromatic rings. The summed E-state index contributed by atoms with van der Waals surface area (Å²) in [6.45, 7) is 4.55. The van der Waals surface area contributed by atoms with Gasteiger partial charge in [-0.05, 0) is 26.0 Å². The number of hydroxylamine groups is 2. The van der Waals surface area contributed by atoms with Crippen LogP contribution in [0.4, 0.5) is 4.79 Å². The van der Waals surface area contributed by atoms with Gasteiger partial charge in [-0.3, -0.25) is 4.55 Å². The van der Waals surface area contributed by atoms with Crippen LogP contribution in [0.5, 0.6) is 0 Å². The first-order valence-electron chi connectivity index (χ1n) is 7.95. The summed E-state index contributed by atoms with van der Waals surface area (Å²) in [6.07, 6.45) is 3.13. The number of hydrogen-bond acceptors (Lipinski definition) is 7. The summed E-state index contributed by atoms with van der Waals surface area (Å²) in [7, 11) is -4.78. The van der Waals surface area contributed by atoms with Gasteiger partial charge in [-0.2, -0.15) is 18.6 Å². The molecule has 2 fully saturated rings. The first-order chi connectivity index (χ1) is 12.1. The second kappa shape index (κ2) is 5.76. The highest BCUT2D eigenvalue weighted by Gasteiger charge is 2.43. The Morgan fingerprint density at radius 1 is 1.42 bits per heavy atom. The molecule has 2 amide bonds. The van der Waals surface area contributed by atoms with Crippen LogP contribution >= 0.6 is 0 Å². The molecule has 11 nitrogen and oxygen atoms in total. The number of hydrogen-bond donors (Lipinski definition) is 1. The molecule has 3 aliphatic rings. The van der Waals surface area contributed by atoms with E-state index in [9.17, 15) is 13.2 Å². The van der Waals surface area contributed by atoms with Crippen LogP contribution in [-0.2, 0) is 24.2 Å². The molecule has 4 heterocycles. The van der Waals surface area contributed by atoms with E-state index in [0.29, 0.717) is 23.1 Å². The number of ether oxygens (including phenoxy) is 2. The van der Waals surface area contributed by atoms with E-state index in [1.807, 2.05) is 13.8 Å². The Labute approximate surface area is 149 Å². The summed E-state index contributed by atoms with van der Waals surface area (Å²) >= 11 is 0. The fourth-order valence-electron chi connectivity index (χ4n) is 3.22. The number of nitrogens with zero attached hydrogens (tertiary/aromatic N) is 4. The van der Waals surface area contributed by atoms with Crippen LogP contribution in [0.15, 0.2) is 18.3 Å². The number of fused-ring (bicyclic) bond motifs is 2. The van der Waals surface area contributed by atoms with Gasteiger partial charge < -0.3 is 14.4 Å². The summed E-state index contributed by atoms with van der Waals surface area (Å²) in [5.74, 6) is -0.663. The largest absolute Gasteiger partial charge is 0.418 e. The van der Waals surface area contributed by atoms with Crippen molar-refractivity contribution in [3.05, 3.63) is 24.0 Å². The topological polar surface area (TPSA) is 123 Å². The maximum Gasteiger partial charge on any atom is 0.418 e. The first-order valence-corrected chi connectivity index (χ1v) is 9.31. The van der Waals surface area contributed by atoms with Crippen LogP contribution in [0, 0.1) is 0 Å². The number of urea groups is 1. The zero-order valence-electron chi connectivity index (χ0n) is 14.1. The van der Waals surface area contributed by atoms with Gasteiger partial charge in [0, 0.05) is 12.7 Å². The lowest BCUT2D eigenvalue weighted by atomic mass is 10.2. The maximum absolute atomic E-state index is 12.2. The van der Waals surface area contributed by atoms with Crippen LogP contribution in [-0.4, -0.2) is 70.3 Å². The van der Waals surface area contributed by atoms with Gasteiger partial charge in [0.15, 0.2) is 5.79 Å². The molecule has 0 saturated carbocycles. The van der Waals surface area contributed by atoms with Crippen molar-refractivity contribution >= 4 is 22.1 Å². The van der Waals surface area contributed by atoms with E-state index in [2.05, 4.69) is 9.38 Å². The molecule has 4 rings (SSSR count). The van der Waals surface area contributed by atoms with Crippen LogP contribution in [0.2, 0.25) is 0 Å². The van der Waals surface area contributed by atoms with Gasteiger partial charge in [0.05, 0.1) is 24.5 Å². The summed E-state index contributed by atoms with van der Waals surface area (Å²) in [5.41, 5.74) is 1.38. The monoisotopic (exact) mass is 386 g/mol. The van der Waals surface area contributed by atoms with E-state index in [-0.39, 0.29) is 19.2 Å². The Kier molecular flexibility index (Phi) is 3.86. The fraction of sp³-hybridized carbons (Fsp3) is 0.571. The lowest BCUT2D eigenvalue weighted by Gasteiger charge is -2.21. The Hall–Kier alpha value is -1.99. The molecular weight excluding hydrogens is 368 g/mol. The molecule has 3 aliphatic heterocycles. The average Bonchev–Trinajstić information content (AvgIpc) is 3.21. The summed E-state index contributed by atoms with van der Waals surface area (Å²) in [4.78, 5) is 13.6. The number of carbonyl (C=O) groups is 1. The molecule has 2 atom stereocenters. The number of carbonyl (C=O) groups excluding carboxylic acids is 1. The third-order valence-electron chi connectivity index (χ3n) is 4.32. The van der Waals surface area contributed by atoms with E-state index in [4.69, 9.17) is 14.0 Å². The molecule has 0 aliphatic carbocycles. The normalized spacial score (nSPS) is 28.0. The predicted molar refractivity (Wildman–Crippen MR) is 85.6 cm³/mol. The molecule has 0 spiro atoms. The van der Waals surface area contributed by atoms with Crippen molar-refractivity contribution in [1.82, 2.24) is 19.7 Å². The third-order valence-corrected chi connectivity index (χ3v) is 4.67. The minimum absolute atomic E-state index is 0.231.